The Bertz CT molecular complexity index is 1120. The van der Waals surface area contributed by atoms with Crippen LogP contribution in [0.3, 0.4) is 0 Å². The summed E-state index contributed by atoms with van der Waals surface area (Å²) in [5.41, 5.74) is 11.8. The molecule has 0 saturated carbocycles. The van der Waals surface area contributed by atoms with Crippen LogP contribution in [-0.2, 0) is 12.8 Å². The van der Waals surface area contributed by atoms with E-state index in [0.717, 1.165) is 5.92 Å². The lowest BCUT2D eigenvalue weighted by molar-refractivity contribution is 0.238. The minimum absolute atomic E-state index is 0. The minimum atomic E-state index is 0. The minimum Gasteiger partial charge on any atom is -0.303 e. The fourth-order valence-electron chi connectivity index (χ4n) is 5.96. The summed E-state index contributed by atoms with van der Waals surface area (Å²) in [7, 11) is 0. The van der Waals surface area contributed by atoms with Crippen molar-refractivity contribution in [3.05, 3.63) is 112 Å². The van der Waals surface area contributed by atoms with Crippen LogP contribution in [0.15, 0.2) is 78.4 Å². The summed E-state index contributed by atoms with van der Waals surface area (Å²) in [6.45, 7) is 3.63. The second-order valence-electron chi connectivity index (χ2n) is 9.66. The fourth-order valence-corrected chi connectivity index (χ4v) is 5.96. The van der Waals surface area contributed by atoms with E-state index in [2.05, 4.69) is 89.8 Å². The summed E-state index contributed by atoms with van der Waals surface area (Å²) in [6, 6.07) is 26.9. The largest absolute Gasteiger partial charge is 0.303 e. The molecule has 33 heavy (non-hydrogen) atoms. The lowest BCUT2D eigenvalue weighted by Crippen LogP contribution is -2.33. The van der Waals surface area contributed by atoms with Gasteiger partial charge in [0.25, 0.3) is 0 Å². The summed E-state index contributed by atoms with van der Waals surface area (Å²) in [5.74, 6) is 0.832. The van der Waals surface area contributed by atoms with E-state index in [1.54, 1.807) is 16.7 Å². The third kappa shape index (κ3) is 4.45. The van der Waals surface area contributed by atoms with Crippen molar-refractivity contribution in [2.24, 2.45) is 5.92 Å². The highest BCUT2D eigenvalue weighted by molar-refractivity contribution is 5.94. The Kier molecular flexibility index (Phi) is 6.53. The smallest absolute Gasteiger partial charge is 0.00190 e. The van der Waals surface area contributed by atoms with Crippen LogP contribution in [-0.4, -0.2) is 24.5 Å². The summed E-state index contributed by atoms with van der Waals surface area (Å²) < 4.78 is 0. The number of nitrogens with zero attached hydrogens (tertiary/aromatic N) is 1. The van der Waals surface area contributed by atoms with Gasteiger partial charge in [-0.2, -0.15) is 0 Å². The van der Waals surface area contributed by atoms with Crippen molar-refractivity contribution in [2.45, 2.75) is 32.1 Å². The zero-order valence-corrected chi connectivity index (χ0v) is 20.0. The molecule has 0 spiro atoms. The Morgan fingerprint density at radius 1 is 0.667 bits per heavy atom. The standard InChI is InChI=1S/C31H31N.ClH/c1-2-10-28-22-23(21-27(28)9-1)15-18-32-19-16-26(17-20-32)31-29-11-5-3-7-24(29)13-14-25-8-4-6-12-30(25)31;/h1-14,23H,15-22H2;1H. The Labute approximate surface area is 204 Å². The monoisotopic (exact) mass is 453 g/mol. The zero-order valence-electron chi connectivity index (χ0n) is 19.2. The van der Waals surface area contributed by atoms with Gasteiger partial charge in [0.1, 0.15) is 0 Å². The van der Waals surface area contributed by atoms with E-state index < -0.39 is 0 Å². The Morgan fingerprint density at radius 3 is 1.76 bits per heavy atom. The van der Waals surface area contributed by atoms with Gasteiger partial charge in [-0.15, -0.1) is 12.4 Å². The van der Waals surface area contributed by atoms with Crippen molar-refractivity contribution in [2.75, 3.05) is 19.6 Å². The van der Waals surface area contributed by atoms with E-state index in [1.807, 2.05) is 0 Å². The lowest BCUT2D eigenvalue weighted by atomic mass is 9.86. The molecule has 168 valence electrons. The van der Waals surface area contributed by atoms with Crippen LogP contribution < -0.4 is 0 Å². The van der Waals surface area contributed by atoms with Gasteiger partial charge in [-0.25, -0.2) is 0 Å². The maximum atomic E-state index is 2.71. The number of fused-ring (bicyclic) bond motifs is 3. The average molecular weight is 454 g/mol. The van der Waals surface area contributed by atoms with E-state index in [-0.39, 0.29) is 12.4 Å². The molecule has 3 aliphatic rings. The Balaban J connectivity index is 0.00000228. The molecule has 2 aliphatic carbocycles. The molecule has 1 saturated heterocycles. The molecule has 0 bridgehead atoms. The van der Waals surface area contributed by atoms with Crippen LogP contribution in [0.2, 0.25) is 0 Å². The predicted molar refractivity (Wildman–Crippen MR) is 143 cm³/mol. The molecule has 3 aromatic rings. The molecule has 1 heterocycles. The van der Waals surface area contributed by atoms with E-state index in [1.165, 1.54) is 79.6 Å². The molecule has 0 N–H and O–H groups in total. The van der Waals surface area contributed by atoms with E-state index in [4.69, 9.17) is 0 Å². The highest BCUT2D eigenvalue weighted by atomic mass is 35.5. The zero-order chi connectivity index (χ0) is 21.3. The summed E-state index contributed by atoms with van der Waals surface area (Å²) in [4.78, 5) is 2.71. The quantitative estimate of drug-likeness (QED) is 0.314. The van der Waals surface area contributed by atoms with Gasteiger partial charge in [-0.3, -0.25) is 0 Å². The molecule has 0 atom stereocenters. The number of benzene rings is 3. The van der Waals surface area contributed by atoms with Gasteiger partial charge in [0, 0.05) is 13.1 Å². The van der Waals surface area contributed by atoms with Gasteiger partial charge >= 0.3 is 0 Å². The van der Waals surface area contributed by atoms with Gasteiger partial charge in [-0.1, -0.05) is 90.5 Å². The molecule has 0 unspecified atom stereocenters. The second-order valence-corrected chi connectivity index (χ2v) is 9.66. The molecule has 3 aromatic carbocycles. The normalized spacial score (nSPS) is 17.7. The first-order chi connectivity index (χ1) is 15.8. The summed E-state index contributed by atoms with van der Waals surface area (Å²) in [6.07, 6.45) is 10.8. The first kappa shape index (κ1) is 22.2. The van der Waals surface area contributed by atoms with Crippen LogP contribution >= 0.6 is 12.4 Å². The topological polar surface area (TPSA) is 3.24 Å². The van der Waals surface area contributed by atoms with Crippen molar-refractivity contribution in [1.29, 1.82) is 0 Å². The highest BCUT2D eigenvalue weighted by Crippen LogP contribution is 2.39. The van der Waals surface area contributed by atoms with Gasteiger partial charge in [0.2, 0.25) is 0 Å². The van der Waals surface area contributed by atoms with Crippen molar-refractivity contribution in [3.8, 4) is 0 Å². The van der Waals surface area contributed by atoms with Crippen LogP contribution in [0.4, 0.5) is 0 Å². The maximum Gasteiger partial charge on any atom is 0.00190 e. The summed E-state index contributed by atoms with van der Waals surface area (Å²) >= 11 is 0. The van der Waals surface area contributed by atoms with Crippen molar-refractivity contribution < 1.29 is 0 Å². The lowest BCUT2D eigenvalue weighted by Gasteiger charge is -2.31. The predicted octanol–water partition coefficient (Wildman–Crippen LogP) is 7.30. The maximum absolute atomic E-state index is 2.71. The molecule has 0 aromatic heterocycles. The number of halogens is 1. The van der Waals surface area contributed by atoms with Crippen LogP contribution in [0, 0.1) is 5.92 Å². The number of piperidine rings is 1. The van der Waals surface area contributed by atoms with Crippen LogP contribution in [0.1, 0.15) is 52.6 Å². The molecule has 1 nitrogen and oxygen atoms in total. The molecule has 6 rings (SSSR count). The fraction of sp³-hybridized carbons (Fsp3) is 0.290. The number of hydrogen-bond acceptors (Lipinski definition) is 1. The third-order valence-corrected chi connectivity index (χ3v) is 7.71. The van der Waals surface area contributed by atoms with E-state index >= 15 is 0 Å². The van der Waals surface area contributed by atoms with Gasteiger partial charge in [0.15, 0.2) is 0 Å². The Morgan fingerprint density at radius 2 is 1.18 bits per heavy atom. The molecule has 0 amide bonds. The molecular formula is C31H32ClN. The third-order valence-electron chi connectivity index (χ3n) is 7.71. The van der Waals surface area contributed by atoms with Gasteiger partial charge in [0.05, 0.1) is 0 Å². The van der Waals surface area contributed by atoms with E-state index in [0.29, 0.717) is 0 Å². The van der Waals surface area contributed by atoms with Gasteiger partial charge in [-0.05, 0) is 83.5 Å². The number of hydrogen-bond donors (Lipinski definition) is 0. The van der Waals surface area contributed by atoms with Crippen molar-refractivity contribution in [1.82, 2.24) is 4.90 Å². The molecule has 2 heteroatoms. The SMILES string of the molecule is C1=Cc2ccccc2C(=C2CCN(CCC3Cc4ccccc4C3)CC2)c2ccccc21.Cl. The Hall–Kier alpha value is -2.61. The summed E-state index contributed by atoms with van der Waals surface area (Å²) in [5, 5.41) is 0. The molecule has 0 radical (unpaired) electrons. The number of likely N-dealkylation sites (tertiary alicyclic amines) is 1. The van der Waals surface area contributed by atoms with Crippen molar-refractivity contribution in [3.63, 3.8) is 0 Å². The van der Waals surface area contributed by atoms with Crippen LogP contribution in [0.5, 0.6) is 0 Å². The van der Waals surface area contributed by atoms with Gasteiger partial charge < -0.3 is 4.90 Å². The second kappa shape index (κ2) is 9.71. The average Bonchev–Trinajstić information content (AvgIpc) is 3.19. The van der Waals surface area contributed by atoms with Crippen LogP contribution in [0.25, 0.3) is 17.7 Å². The first-order valence-electron chi connectivity index (χ1n) is 12.2. The highest BCUT2D eigenvalue weighted by Gasteiger charge is 2.24. The first-order valence-corrected chi connectivity index (χ1v) is 12.2. The van der Waals surface area contributed by atoms with Crippen molar-refractivity contribution >= 4 is 30.1 Å². The molecule has 1 aliphatic heterocycles. The number of rotatable bonds is 3. The molecular weight excluding hydrogens is 422 g/mol. The van der Waals surface area contributed by atoms with E-state index in [9.17, 15) is 0 Å². The molecule has 1 fully saturated rings.